The third kappa shape index (κ3) is 2.05. The van der Waals surface area contributed by atoms with Gasteiger partial charge in [0.1, 0.15) is 0 Å². The number of rotatable bonds is 2. The Morgan fingerprint density at radius 3 is 2.88 bits per heavy atom. The van der Waals surface area contributed by atoms with Crippen LogP contribution in [-0.4, -0.2) is 9.55 Å². The van der Waals surface area contributed by atoms with E-state index in [0.717, 1.165) is 16.8 Å². The molecule has 1 aliphatic rings. The van der Waals surface area contributed by atoms with E-state index in [2.05, 4.69) is 57.3 Å². The lowest BCUT2D eigenvalue weighted by molar-refractivity contribution is 0.133. The second-order valence-electron chi connectivity index (χ2n) is 5.34. The van der Waals surface area contributed by atoms with Gasteiger partial charge in [-0.05, 0) is 71.3 Å². The van der Waals surface area contributed by atoms with Gasteiger partial charge >= 0.3 is 0 Å². The van der Waals surface area contributed by atoms with Crippen molar-refractivity contribution in [2.75, 3.05) is 0 Å². The van der Waals surface area contributed by atoms with Crippen molar-refractivity contribution in [3.63, 3.8) is 0 Å². The van der Waals surface area contributed by atoms with Crippen molar-refractivity contribution in [2.24, 2.45) is 5.41 Å². The highest BCUT2D eigenvalue weighted by atomic mass is 127. The molecule has 0 radical (unpaired) electrons. The molecule has 0 atom stereocenters. The first-order chi connectivity index (χ1) is 8.07. The van der Waals surface area contributed by atoms with Crippen LogP contribution >= 0.6 is 34.8 Å². The molecule has 0 amide bonds. The van der Waals surface area contributed by atoms with Gasteiger partial charge in [-0.3, -0.25) is 0 Å². The summed E-state index contributed by atoms with van der Waals surface area (Å²) in [5.41, 5.74) is 2.85. The van der Waals surface area contributed by atoms with Crippen LogP contribution in [0.2, 0.25) is 0 Å². The number of fused-ring (bicyclic) bond motifs is 1. The van der Waals surface area contributed by atoms with Crippen LogP contribution in [0.15, 0.2) is 18.2 Å². The maximum atomic E-state index is 5.44. The van der Waals surface area contributed by atoms with E-state index in [1.165, 1.54) is 28.3 Å². The minimum atomic E-state index is 0.455. The first-order valence-corrected chi connectivity index (χ1v) is 7.44. The summed E-state index contributed by atoms with van der Waals surface area (Å²) in [6, 6.07) is 6.47. The third-order valence-electron chi connectivity index (χ3n) is 3.84. The average molecular weight is 358 g/mol. The van der Waals surface area contributed by atoms with Gasteiger partial charge < -0.3 is 9.55 Å². The Morgan fingerprint density at radius 2 is 2.24 bits per heavy atom. The quantitative estimate of drug-likeness (QED) is 0.620. The highest BCUT2D eigenvalue weighted by Crippen LogP contribution is 2.42. The summed E-state index contributed by atoms with van der Waals surface area (Å²) in [7, 11) is 0. The Morgan fingerprint density at radius 1 is 1.47 bits per heavy atom. The topological polar surface area (TPSA) is 20.7 Å². The number of H-pyrrole nitrogens is 1. The van der Waals surface area contributed by atoms with Gasteiger partial charge in [-0.15, -0.1) is 0 Å². The number of hydrogen-bond donors (Lipinski definition) is 1. The zero-order valence-electron chi connectivity index (χ0n) is 9.79. The molecular weight excluding hydrogens is 343 g/mol. The molecule has 4 heteroatoms. The van der Waals surface area contributed by atoms with Crippen molar-refractivity contribution in [3.05, 3.63) is 26.5 Å². The van der Waals surface area contributed by atoms with Gasteiger partial charge in [0, 0.05) is 10.1 Å². The molecular formula is C13H15IN2S. The number of aromatic nitrogens is 2. The van der Waals surface area contributed by atoms with Gasteiger partial charge in [0.05, 0.1) is 11.0 Å². The van der Waals surface area contributed by atoms with Crippen molar-refractivity contribution in [1.29, 1.82) is 0 Å². The average Bonchev–Trinajstić information content (AvgIpc) is 2.52. The van der Waals surface area contributed by atoms with Gasteiger partial charge in [0.15, 0.2) is 4.77 Å². The molecule has 0 aliphatic heterocycles. The Hall–Kier alpha value is -0.360. The van der Waals surface area contributed by atoms with Crippen molar-refractivity contribution < 1.29 is 0 Å². The maximum absolute atomic E-state index is 5.44. The molecule has 0 spiro atoms. The molecule has 1 aromatic heterocycles. The number of nitrogens with one attached hydrogen (secondary N) is 1. The Labute approximate surface area is 120 Å². The van der Waals surface area contributed by atoms with E-state index in [4.69, 9.17) is 12.2 Å². The van der Waals surface area contributed by atoms with Crippen LogP contribution in [0.1, 0.15) is 26.2 Å². The number of imidazole rings is 1. The summed E-state index contributed by atoms with van der Waals surface area (Å²) < 4.78 is 4.36. The zero-order valence-corrected chi connectivity index (χ0v) is 12.8. The lowest BCUT2D eigenvalue weighted by atomic mass is 9.70. The largest absolute Gasteiger partial charge is 0.331 e. The monoisotopic (exact) mass is 358 g/mol. The molecule has 2 nitrogen and oxygen atoms in total. The molecule has 1 fully saturated rings. The summed E-state index contributed by atoms with van der Waals surface area (Å²) in [6.45, 7) is 3.41. The molecule has 0 unspecified atom stereocenters. The van der Waals surface area contributed by atoms with Gasteiger partial charge in [-0.25, -0.2) is 0 Å². The van der Waals surface area contributed by atoms with E-state index in [-0.39, 0.29) is 0 Å². The zero-order chi connectivity index (χ0) is 12.0. The molecule has 17 heavy (non-hydrogen) atoms. The third-order valence-corrected chi connectivity index (χ3v) is 4.83. The first-order valence-electron chi connectivity index (χ1n) is 5.96. The van der Waals surface area contributed by atoms with Crippen LogP contribution in [0.3, 0.4) is 0 Å². The van der Waals surface area contributed by atoms with E-state index < -0.39 is 0 Å². The first kappa shape index (κ1) is 11.7. The van der Waals surface area contributed by atoms with Gasteiger partial charge in [0.2, 0.25) is 0 Å². The normalized spacial score (nSPS) is 18.2. The molecule has 1 N–H and O–H groups in total. The van der Waals surface area contributed by atoms with Gasteiger partial charge in [0.25, 0.3) is 0 Å². The number of hydrogen-bond acceptors (Lipinski definition) is 1. The molecule has 1 saturated carbocycles. The predicted octanol–water partition coefficient (Wildman–Crippen LogP) is 4.49. The standard InChI is InChI=1S/C13H15IN2S/c1-13(5-2-6-13)8-16-11-4-3-9(14)7-10(11)15-12(16)17/h3-4,7H,2,5-6,8H2,1H3,(H,15,17). The van der Waals surface area contributed by atoms with Crippen molar-refractivity contribution in [1.82, 2.24) is 9.55 Å². The molecule has 2 aromatic rings. The molecule has 3 rings (SSSR count). The van der Waals surface area contributed by atoms with Crippen LogP contribution in [0.5, 0.6) is 0 Å². The van der Waals surface area contributed by atoms with Crippen LogP contribution in [-0.2, 0) is 6.54 Å². The summed E-state index contributed by atoms with van der Waals surface area (Å²) >= 11 is 7.77. The lowest BCUT2D eigenvalue weighted by Crippen LogP contribution is -2.30. The van der Waals surface area contributed by atoms with Crippen LogP contribution < -0.4 is 0 Å². The Bertz CT molecular complexity index is 622. The summed E-state index contributed by atoms with van der Waals surface area (Å²) in [4.78, 5) is 3.31. The smallest absolute Gasteiger partial charge is 0.178 e. The van der Waals surface area contributed by atoms with E-state index in [1.54, 1.807) is 0 Å². The number of halogens is 1. The van der Waals surface area contributed by atoms with Crippen molar-refractivity contribution in [2.45, 2.75) is 32.7 Å². The molecule has 1 aliphatic carbocycles. The summed E-state index contributed by atoms with van der Waals surface area (Å²) in [6.07, 6.45) is 4.02. The molecule has 0 bridgehead atoms. The van der Waals surface area contributed by atoms with Gasteiger partial charge in [-0.1, -0.05) is 13.3 Å². The second kappa shape index (κ2) is 4.09. The van der Waals surface area contributed by atoms with E-state index in [1.807, 2.05) is 0 Å². The van der Waals surface area contributed by atoms with E-state index in [0.29, 0.717) is 5.41 Å². The fourth-order valence-electron chi connectivity index (χ4n) is 2.61. The fourth-order valence-corrected chi connectivity index (χ4v) is 3.38. The lowest BCUT2D eigenvalue weighted by Gasteiger charge is -2.38. The van der Waals surface area contributed by atoms with Crippen LogP contribution in [0.4, 0.5) is 0 Å². The Balaban J connectivity index is 2.09. The molecule has 1 aromatic carbocycles. The summed E-state index contributed by atoms with van der Waals surface area (Å²) in [5, 5.41) is 0. The summed E-state index contributed by atoms with van der Waals surface area (Å²) in [5.74, 6) is 0. The SMILES string of the molecule is CC1(Cn2c(=S)[nH]c3cc(I)ccc32)CCC1. The Kier molecular flexibility index (Phi) is 2.82. The van der Waals surface area contributed by atoms with Crippen molar-refractivity contribution in [3.8, 4) is 0 Å². The number of aromatic amines is 1. The van der Waals surface area contributed by atoms with Gasteiger partial charge in [-0.2, -0.15) is 0 Å². The minimum Gasteiger partial charge on any atom is -0.331 e. The number of nitrogens with zero attached hydrogens (tertiary/aromatic N) is 1. The fraction of sp³-hybridized carbons (Fsp3) is 0.462. The van der Waals surface area contributed by atoms with Crippen molar-refractivity contribution >= 4 is 45.8 Å². The number of benzene rings is 1. The van der Waals surface area contributed by atoms with E-state index >= 15 is 0 Å². The predicted molar refractivity (Wildman–Crippen MR) is 81.8 cm³/mol. The van der Waals surface area contributed by atoms with Crippen LogP contribution in [0, 0.1) is 13.8 Å². The van der Waals surface area contributed by atoms with E-state index in [9.17, 15) is 0 Å². The molecule has 1 heterocycles. The maximum Gasteiger partial charge on any atom is 0.178 e. The second-order valence-corrected chi connectivity index (χ2v) is 6.97. The van der Waals surface area contributed by atoms with Crippen LogP contribution in [0.25, 0.3) is 11.0 Å². The highest BCUT2D eigenvalue weighted by Gasteiger charge is 2.32. The highest BCUT2D eigenvalue weighted by molar-refractivity contribution is 14.1. The minimum absolute atomic E-state index is 0.455. The molecule has 90 valence electrons. The molecule has 0 saturated heterocycles.